The maximum absolute atomic E-state index is 10.7. The number of hydrogen-bond donors (Lipinski definition) is 3. The Kier molecular flexibility index (Phi) is 67.0. The number of aryl methyl sites for hydroxylation is 2. The molecule has 1 saturated heterocycles. The van der Waals surface area contributed by atoms with E-state index in [1.807, 2.05) is 208 Å². The minimum atomic E-state index is -5.94. The SMILES string of the molecule is C=C[B-](F)(F)F.C=Cc1ccc(-n2cnnn2)cc1.CC.CC.CC.CC.CC.CC.CC.Cc1ccc(-n2cnnn2)cc1.Cc1ccc(N)cc1.O=Cc1ccc(-n2cnnn2)cc1.O=Cc1ccc(-n2cnnn2)cc1.OCC(O)c1ccc(-n2cnnn2)cc1.[K+].[Na+].[O-][I+3]([O-])([O-])[O-].c1cc(-n2cnnn2)ccc1C1CO1. The van der Waals surface area contributed by atoms with Gasteiger partial charge in [-0.05, 0) is 202 Å². The monoisotopic (exact) mass is 1740 g/mol. The number of nitrogens with two attached hydrogens (primary N) is 1. The molecule has 2 unspecified atom stereocenters. The van der Waals surface area contributed by atoms with Crippen molar-refractivity contribution in [2.24, 2.45) is 0 Å². The zero-order valence-corrected chi connectivity index (χ0v) is 75.4. The molecule has 0 bridgehead atoms. The number of tetrazole rings is 6. The molecule has 0 radical (unpaired) electrons. The third-order valence-electron chi connectivity index (χ3n) is 12.3. The molecule has 2 atom stereocenters. The smallest absolute Gasteiger partial charge is 0.445 e. The van der Waals surface area contributed by atoms with Crippen LogP contribution in [0.25, 0.3) is 40.2 Å². The maximum Gasteiger partial charge on any atom is 1.00 e. The van der Waals surface area contributed by atoms with E-state index in [1.165, 1.54) is 49.7 Å². The van der Waals surface area contributed by atoms with E-state index in [9.17, 15) is 27.6 Å². The van der Waals surface area contributed by atoms with E-state index in [-0.39, 0.29) is 93.5 Å². The van der Waals surface area contributed by atoms with Gasteiger partial charge >= 0.3 is 87.9 Å². The van der Waals surface area contributed by atoms with Crippen molar-refractivity contribution < 1.29 is 152 Å². The number of aliphatic hydroxyl groups excluding tert-OH is 2. The molecule has 115 heavy (non-hydrogen) atoms. The summed E-state index contributed by atoms with van der Waals surface area (Å²) in [5.74, 6) is 0. The Balaban J connectivity index is -0.000000597. The molecular formula is C74H100BF3IKN25NaO9. The van der Waals surface area contributed by atoms with Gasteiger partial charge in [-0.15, -0.1) is 37.2 Å². The Morgan fingerprint density at radius 2 is 0.670 bits per heavy atom. The van der Waals surface area contributed by atoms with Crippen LogP contribution in [0.3, 0.4) is 0 Å². The molecule has 4 N–H and O–H groups in total. The summed E-state index contributed by atoms with van der Waals surface area (Å²) >= 11 is -5.94. The minimum Gasteiger partial charge on any atom is -0.445 e. The molecule has 0 amide bonds. The summed E-state index contributed by atoms with van der Waals surface area (Å²) in [7, 11) is 0. The van der Waals surface area contributed by atoms with Crippen LogP contribution < -0.4 is 121 Å². The number of hydrogen-bond acceptors (Lipinski definition) is 28. The molecule has 6 aromatic heterocycles. The standard InChI is InChI=1S/C9H10N4O2.C9H8N4O.C9H8N4.2C8H6N4O.C8H8N4.C7H9N.C2H3BF3.7C2H6.IO4.K.Na/c14-5-9(15)7-1-3-8(4-2-7)13-6-10-11-12-13;1-3-8(13-6-10-11-12-13)4-2-7(1)9-5-14-9;1-2-8-3-5-9(6-4-8)13-7-10-11-12-13;2*13-5-7-1-3-8(4-2-7)12-6-9-10-11-12;1-7-2-4-8(5-3-7)12-6-9-10-11-12;1-6-2-4-7(8)5-3-6;1-2-3(4,5)6;7*1-2;2-1(3,4)5;;/h1-4,6,9,14-15H,5H2;1-4,6,9H,5H2;2-7H,1H2;2*1-6H;2-6H,1H3;2-5H,8H2,1H3;2H,1H2;7*1-2H3;;;/q;;;;;;;-1;;;;;;;;-1;2*+1. The van der Waals surface area contributed by atoms with Crippen molar-refractivity contribution in [2.45, 2.75) is 123 Å². The Morgan fingerprint density at radius 3 is 0.861 bits per heavy atom. The number of nitrogen functional groups attached to an aromatic ring is 1. The van der Waals surface area contributed by atoms with Crippen molar-refractivity contribution in [2.75, 3.05) is 18.9 Å². The first-order valence-electron chi connectivity index (χ1n) is 35.3. The van der Waals surface area contributed by atoms with E-state index >= 15 is 0 Å². The van der Waals surface area contributed by atoms with Gasteiger partial charge in [-0.2, -0.15) is 5.98 Å². The van der Waals surface area contributed by atoms with Gasteiger partial charge in [0, 0.05) is 16.8 Å². The fourth-order valence-electron chi connectivity index (χ4n) is 7.15. The van der Waals surface area contributed by atoms with Crippen molar-refractivity contribution in [3.63, 3.8) is 0 Å². The number of epoxide rings is 1. The molecule has 1 fully saturated rings. The minimum absolute atomic E-state index is 0. The number of carbonyl (C=O) groups excluding carboxylic acids is 2. The second-order valence-corrected chi connectivity index (χ2v) is 21.6. The second kappa shape index (κ2) is 68.9. The van der Waals surface area contributed by atoms with Gasteiger partial charge in [-0.1, -0.05) is 181 Å². The molecule has 0 spiro atoms. The topological polar surface area (TPSA) is 467 Å². The fraction of sp³-hybridized carbons (Fsp3) is 0.270. The van der Waals surface area contributed by atoms with Crippen LogP contribution in [0.2, 0.25) is 0 Å². The zero-order chi connectivity index (χ0) is 85.4. The van der Waals surface area contributed by atoms with Gasteiger partial charge in [0.2, 0.25) is 0 Å². The van der Waals surface area contributed by atoms with Crippen LogP contribution in [0.1, 0.15) is 158 Å². The van der Waals surface area contributed by atoms with Gasteiger partial charge < -0.3 is 33.6 Å². The molecular weight excluding hydrogens is 1640 g/mol. The van der Waals surface area contributed by atoms with Crippen LogP contribution in [0, 0.1) is 13.8 Å². The number of rotatable bonds is 13. The van der Waals surface area contributed by atoms with E-state index in [1.54, 1.807) is 112 Å². The summed E-state index contributed by atoms with van der Waals surface area (Å²) in [6.45, 7) is 34.1. The van der Waals surface area contributed by atoms with E-state index in [0.29, 0.717) is 22.8 Å². The van der Waals surface area contributed by atoms with Crippen LogP contribution in [0.5, 0.6) is 0 Å². The number of aromatic nitrogens is 24. The first kappa shape index (κ1) is 112. The Bertz CT molecular complexity index is 4130. The number of halogens is 4. The molecule has 608 valence electrons. The number of benzene rings is 7. The summed E-state index contributed by atoms with van der Waals surface area (Å²) in [5.41, 5.74) is 18.3. The number of nitrogens with zero attached hydrogens (tertiary/aromatic N) is 24. The largest absolute Gasteiger partial charge is 1.00 e. The quantitative estimate of drug-likeness (QED) is 0.0457. The molecule has 1 aliphatic heterocycles. The number of aliphatic hydroxyl groups is 2. The summed E-state index contributed by atoms with van der Waals surface area (Å²) in [4.78, 5) is 20.7. The Labute approximate surface area is 739 Å². The number of aldehydes is 2. The molecule has 41 heteroatoms. The molecule has 1 aliphatic rings. The average molecular weight is 1740 g/mol. The van der Waals surface area contributed by atoms with Gasteiger partial charge in [0.1, 0.15) is 82.8 Å². The van der Waals surface area contributed by atoms with Crippen molar-refractivity contribution >= 4 is 31.3 Å². The van der Waals surface area contributed by atoms with Gasteiger partial charge in [-0.3, -0.25) is 23.3 Å². The normalized spacial score (nSPS) is 10.5. The van der Waals surface area contributed by atoms with Crippen molar-refractivity contribution in [3.8, 4) is 34.1 Å². The molecule has 14 rings (SSSR count). The van der Waals surface area contributed by atoms with Crippen LogP contribution in [0.4, 0.5) is 18.6 Å². The van der Waals surface area contributed by atoms with Crippen LogP contribution in [0.15, 0.2) is 227 Å². The Morgan fingerprint density at radius 1 is 0.452 bits per heavy atom. The summed E-state index contributed by atoms with van der Waals surface area (Å²) in [5, 5.41) is 83.0. The van der Waals surface area contributed by atoms with E-state index < -0.39 is 33.2 Å². The fourth-order valence-corrected chi connectivity index (χ4v) is 7.15. The summed E-state index contributed by atoms with van der Waals surface area (Å²) in [6, 6.07) is 52.6. The number of ether oxygens (including phenoxy) is 1. The first-order valence-corrected chi connectivity index (χ1v) is 38.9. The molecule has 7 heterocycles. The summed E-state index contributed by atoms with van der Waals surface area (Å²) < 4.78 is 81.2. The molecule has 13 aromatic rings. The molecule has 34 nitrogen and oxygen atoms in total. The van der Waals surface area contributed by atoms with Crippen molar-refractivity contribution in [3.05, 3.63) is 266 Å². The van der Waals surface area contributed by atoms with E-state index in [0.717, 1.165) is 64.6 Å². The second-order valence-electron chi connectivity index (χ2n) is 19.4. The third kappa shape index (κ3) is 49.8. The predicted octanol–water partition coefficient (Wildman–Crippen LogP) is 0.223. The van der Waals surface area contributed by atoms with Crippen molar-refractivity contribution in [1.82, 2.24) is 121 Å². The number of anilines is 1. The Hall–Kier alpha value is -9.48. The van der Waals surface area contributed by atoms with Gasteiger partial charge in [0.25, 0.3) is 0 Å². The van der Waals surface area contributed by atoms with E-state index in [4.69, 9.17) is 29.3 Å². The first-order chi connectivity index (χ1) is 54.6. The van der Waals surface area contributed by atoms with Crippen LogP contribution in [-0.4, -0.2) is 164 Å². The third-order valence-corrected chi connectivity index (χ3v) is 12.3. The molecule has 7 aromatic carbocycles. The van der Waals surface area contributed by atoms with E-state index in [2.05, 4.69) is 106 Å². The average Bonchev–Trinajstić information content (AvgIpc) is 1.79. The van der Waals surface area contributed by atoms with Crippen LogP contribution in [-0.2, 0) is 4.74 Å². The number of carbonyl (C=O) groups is 2. The molecule has 0 aliphatic carbocycles. The van der Waals surface area contributed by atoms with Gasteiger partial charge in [0.05, 0.1) is 47.3 Å². The van der Waals surface area contributed by atoms with Crippen molar-refractivity contribution in [1.29, 1.82) is 0 Å². The zero-order valence-electron chi connectivity index (χ0n) is 68.1. The van der Waals surface area contributed by atoms with Gasteiger partial charge in [-0.25, -0.2) is 28.1 Å². The predicted molar refractivity (Wildman–Crippen MR) is 416 cm³/mol. The maximum atomic E-state index is 10.7. The van der Waals surface area contributed by atoms with Gasteiger partial charge in [0.15, 0.2) is 0 Å². The molecule has 0 saturated carbocycles. The van der Waals surface area contributed by atoms with Crippen LogP contribution >= 0.6 is 0 Å². The summed E-state index contributed by atoms with van der Waals surface area (Å²) in [6.07, 6.45) is 12.0.